The molecular formula is C14H17ClN2OS. The Morgan fingerprint density at radius 2 is 2.26 bits per heavy atom. The van der Waals surface area contributed by atoms with Crippen LogP contribution in [-0.4, -0.2) is 10.1 Å². The molecule has 1 aliphatic carbocycles. The first kappa shape index (κ1) is 13.1. The summed E-state index contributed by atoms with van der Waals surface area (Å²) >= 11 is 8.01. The average molecular weight is 297 g/mol. The van der Waals surface area contributed by atoms with Gasteiger partial charge in [-0.25, -0.2) is 0 Å². The van der Waals surface area contributed by atoms with E-state index in [0.717, 1.165) is 17.7 Å². The summed E-state index contributed by atoms with van der Waals surface area (Å²) in [5.74, 6) is 1.24. The molecule has 102 valence electrons. The molecule has 0 bridgehead atoms. The molecule has 1 unspecified atom stereocenters. The Hall–Kier alpha value is -0.870. The molecule has 2 aromatic heterocycles. The summed E-state index contributed by atoms with van der Waals surface area (Å²) < 4.78 is 5.36. The van der Waals surface area contributed by atoms with Gasteiger partial charge in [-0.2, -0.15) is 4.98 Å². The lowest BCUT2D eigenvalue weighted by Crippen LogP contribution is -1.96. The van der Waals surface area contributed by atoms with Crippen molar-refractivity contribution in [3.63, 3.8) is 0 Å². The van der Waals surface area contributed by atoms with Crippen LogP contribution in [0.2, 0.25) is 0 Å². The topological polar surface area (TPSA) is 38.9 Å². The molecule has 0 aliphatic heterocycles. The van der Waals surface area contributed by atoms with Crippen molar-refractivity contribution in [1.82, 2.24) is 10.1 Å². The zero-order valence-corrected chi connectivity index (χ0v) is 12.6. The highest BCUT2D eigenvalue weighted by Crippen LogP contribution is 2.35. The minimum absolute atomic E-state index is 0.142. The molecular weight excluding hydrogens is 280 g/mol. The Kier molecular flexibility index (Phi) is 3.89. The van der Waals surface area contributed by atoms with Crippen LogP contribution in [0.1, 0.15) is 54.2 Å². The van der Waals surface area contributed by atoms with E-state index in [1.165, 1.54) is 36.1 Å². The molecule has 0 saturated carbocycles. The van der Waals surface area contributed by atoms with Crippen LogP contribution in [0.4, 0.5) is 0 Å². The Labute approximate surface area is 122 Å². The van der Waals surface area contributed by atoms with Crippen LogP contribution >= 0.6 is 22.9 Å². The predicted octanol–water partition coefficient (Wildman–Crippen LogP) is 4.76. The van der Waals surface area contributed by atoms with Crippen LogP contribution < -0.4 is 0 Å². The number of hydrogen-bond acceptors (Lipinski definition) is 4. The van der Waals surface area contributed by atoms with E-state index in [-0.39, 0.29) is 5.38 Å². The number of fused-ring (bicyclic) bond motifs is 1. The summed E-state index contributed by atoms with van der Waals surface area (Å²) in [6.45, 7) is 2.10. The lowest BCUT2D eigenvalue weighted by atomic mass is 9.99. The second-order valence-corrected chi connectivity index (χ2v) is 6.64. The lowest BCUT2D eigenvalue weighted by Gasteiger charge is -2.08. The number of thiophene rings is 1. The van der Waals surface area contributed by atoms with Gasteiger partial charge in [0.05, 0.1) is 10.3 Å². The molecule has 3 rings (SSSR count). The first-order chi connectivity index (χ1) is 9.28. The number of rotatable bonds is 4. The van der Waals surface area contributed by atoms with Crippen molar-refractivity contribution in [2.75, 3.05) is 0 Å². The summed E-state index contributed by atoms with van der Waals surface area (Å²) in [5.41, 5.74) is 1.46. The quantitative estimate of drug-likeness (QED) is 0.764. The molecule has 0 fully saturated rings. The summed E-state index contributed by atoms with van der Waals surface area (Å²) in [6.07, 6.45) is 6.85. The van der Waals surface area contributed by atoms with Gasteiger partial charge >= 0.3 is 0 Å². The van der Waals surface area contributed by atoms with Crippen molar-refractivity contribution in [3.8, 4) is 10.8 Å². The van der Waals surface area contributed by atoms with E-state index in [0.29, 0.717) is 11.7 Å². The van der Waals surface area contributed by atoms with E-state index in [9.17, 15) is 0 Å². The maximum absolute atomic E-state index is 6.23. The van der Waals surface area contributed by atoms with E-state index < -0.39 is 0 Å². The number of hydrogen-bond donors (Lipinski definition) is 0. The van der Waals surface area contributed by atoms with E-state index in [1.54, 1.807) is 11.3 Å². The van der Waals surface area contributed by atoms with Gasteiger partial charge in [0.2, 0.25) is 0 Å². The first-order valence-electron chi connectivity index (χ1n) is 6.87. The van der Waals surface area contributed by atoms with Gasteiger partial charge in [-0.3, -0.25) is 0 Å². The second-order valence-electron chi connectivity index (χ2n) is 4.98. The molecule has 2 heterocycles. The summed E-state index contributed by atoms with van der Waals surface area (Å²) in [4.78, 5) is 7.02. The Bertz CT molecular complexity index is 540. The fourth-order valence-electron chi connectivity index (χ4n) is 2.44. The minimum Gasteiger partial charge on any atom is -0.333 e. The number of nitrogens with zero attached hydrogens (tertiary/aromatic N) is 2. The third-order valence-electron chi connectivity index (χ3n) is 3.47. The van der Waals surface area contributed by atoms with Crippen molar-refractivity contribution < 1.29 is 4.52 Å². The van der Waals surface area contributed by atoms with E-state index >= 15 is 0 Å². The van der Waals surface area contributed by atoms with Crippen molar-refractivity contribution in [2.24, 2.45) is 0 Å². The van der Waals surface area contributed by atoms with Gasteiger partial charge < -0.3 is 4.52 Å². The van der Waals surface area contributed by atoms with Gasteiger partial charge in [-0.15, -0.1) is 22.9 Å². The van der Waals surface area contributed by atoms with E-state index in [4.69, 9.17) is 16.1 Å². The van der Waals surface area contributed by atoms with Gasteiger partial charge in [0.15, 0.2) is 5.82 Å². The lowest BCUT2D eigenvalue weighted by molar-refractivity contribution is 0.421. The number of aryl methyl sites for hydroxylation is 2. The van der Waals surface area contributed by atoms with Crippen molar-refractivity contribution in [3.05, 3.63) is 22.3 Å². The normalized spacial score (nSPS) is 16.3. The molecule has 3 nitrogen and oxygen atoms in total. The third-order valence-corrected chi connectivity index (χ3v) is 5.11. The predicted molar refractivity (Wildman–Crippen MR) is 77.8 cm³/mol. The molecule has 0 aromatic carbocycles. The largest absolute Gasteiger partial charge is 0.333 e. The van der Waals surface area contributed by atoms with E-state index in [1.807, 2.05) is 0 Å². The SMILES string of the molecule is CCCC(Cl)c1noc(-c2cc3c(s2)CCCC3)n1. The minimum atomic E-state index is -0.142. The van der Waals surface area contributed by atoms with Gasteiger partial charge in [0.1, 0.15) is 0 Å². The monoisotopic (exact) mass is 296 g/mol. The zero-order valence-electron chi connectivity index (χ0n) is 11.0. The molecule has 0 radical (unpaired) electrons. The molecule has 1 aliphatic rings. The average Bonchev–Trinajstić information content (AvgIpc) is 3.05. The molecule has 2 aromatic rings. The highest BCUT2D eigenvalue weighted by Gasteiger charge is 2.20. The fraction of sp³-hybridized carbons (Fsp3) is 0.571. The highest BCUT2D eigenvalue weighted by molar-refractivity contribution is 7.15. The van der Waals surface area contributed by atoms with Crippen LogP contribution in [0, 0.1) is 0 Å². The summed E-state index contributed by atoms with van der Waals surface area (Å²) in [5, 5.41) is 3.86. The zero-order chi connectivity index (χ0) is 13.2. The summed E-state index contributed by atoms with van der Waals surface area (Å²) in [7, 11) is 0. The maximum Gasteiger partial charge on any atom is 0.268 e. The fourth-order valence-corrected chi connectivity index (χ4v) is 3.92. The van der Waals surface area contributed by atoms with Crippen molar-refractivity contribution >= 4 is 22.9 Å². The Morgan fingerprint density at radius 3 is 3.05 bits per heavy atom. The van der Waals surface area contributed by atoms with Gasteiger partial charge in [0, 0.05) is 4.88 Å². The van der Waals surface area contributed by atoms with Crippen LogP contribution in [0.15, 0.2) is 10.6 Å². The third kappa shape index (κ3) is 2.70. The standard InChI is InChI=1S/C14H17ClN2OS/c1-2-5-10(15)13-16-14(18-17-13)12-8-9-6-3-4-7-11(9)19-12/h8,10H,2-7H2,1H3. The number of aromatic nitrogens is 2. The molecule has 1 atom stereocenters. The van der Waals surface area contributed by atoms with Crippen LogP contribution in [-0.2, 0) is 12.8 Å². The Balaban J connectivity index is 1.84. The number of halogens is 1. The highest BCUT2D eigenvalue weighted by atomic mass is 35.5. The Morgan fingerprint density at radius 1 is 1.42 bits per heavy atom. The number of alkyl halides is 1. The smallest absolute Gasteiger partial charge is 0.268 e. The van der Waals surface area contributed by atoms with Crippen LogP contribution in [0.25, 0.3) is 10.8 Å². The van der Waals surface area contributed by atoms with E-state index in [2.05, 4.69) is 23.1 Å². The van der Waals surface area contributed by atoms with Crippen molar-refractivity contribution in [2.45, 2.75) is 50.8 Å². The molecule has 0 N–H and O–H groups in total. The maximum atomic E-state index is 6.23. The summed E-state index contributed by atoms with van der Waals surface area (Å²) in [6, 6.07) is 2.21. The van der Waals surface area contributed by atoms with Crippen LogP contribution in [0.5, 0.6) is 0 Å². The molecule has 0 spiro atoms. The first-order valence-corrected chi connectivity index (χ1v) is 8.13. The van der Waals surface area contributed by atoms with Gasteiger partial charge in [-0.1, -0.05) is 18.5 Å². The molecule has 19 heavy (non-hydrogen) atoms. The second kappa shape index (κ2) is 5.63. The van der Waals surface area contributed by atoms with Crippen LogP contribution in [0.3, 0.4) is 0 Å². The van der Waals surface area contributed by atoms with Crippen molar-refractivity contribution in [1.29, 1.82) is 0 Å². The van der Waals surface area contributed by atoms with Gasteiger partial charge in [-0.05, 0) is 43.7 Å². The molecule has 0 saturated heterocycles. The molecule has 0 amide bonds. The van der Waals surface area contributed by atoms with Gasteiger partial charge in [0.25, 0.3) is 5.89 Å². The molecule has 5 heteroatoms.